The highest BCUT2D eigenvalue weighted by Gasteiger charge is 2.25. The van der Waals surface area contributed by atoms with Gasteiger partial charge in [0, 0.05) is 6.42 Å². The van der Waals surface area contributed by atoms with Crippen LogP contribution in [-0.2, 0) is 19.1 Å². The number of nitrogens with two attached hydrogens (primary N) is 1. The maximum Gasteiger partial charge on any atom is 0.328 e. The molecule has 0 saturated heterocycles. The lowest BCUT2D eigenvalue weighted by Gasteiger charge is -2.16. The van der Waals surface area contributed by atoms with Gasteiger partial charge in [-0.1, -0.05) is 6.92 Å². The minimum Gasteiger partial charge on any atom is -0.466 e. The topological polar surface area (TPSA) is 134 Å². The molecule has 0 aromatic carbocycles. The Morgan fingerprint density at radius 2 is 1.92 bits per heavy atom. The Bertz CT molecular complexity index is 586. The molecule has 9 nitrogen and oxygen atoms in total. The van der Waals surface area contributed by atoms with Gasteiger partial charge >= 0.3 is 11.9 Å². The van der Waals surface area contributed by atoms with E-state index in [9.17, 15) is 14.4 Å². The standard InChI is InChI=1S/C16H25N3O6/c1-4-10(17)15-19-12(9-25-15)14(21)18-11(16(22)24-6-3)7-8-13(20)23-5-2/h9-11H,4-8,17H2,1-3H3,(H,18,21). The molecule has 0 saturated carbocycles. The highest BCUT2D eigenvalue weighted by Crippen LogP contribution is 2.13. The summed E-state index contributed by atoms with van der Waals surface area (Å²) >= 11 is 0. The van der Waals surface area contributed by atoms with E-state index in [1.54, 1.807) is 13.8 Å². The van der Waals surface area contributed by atoms with Crippen LogP contribution in [0.5, 0.6) is 0 Å². The molecule has 0 radical (unpaired) electrons. The van der Waals surface area contributed by atoms with Gasteiger partial charge in [0.25, 0.3) is 5.91 Å². The molecule has 0 fully saturated rings. The summed E-state index contributed by atoms with van der Waals surface area (Å²) in [7, 11) is 0. The molecule has 0 bridgehead atoms. The summed E-state index contributed by atoms with van der Waals surface area (Å²) in [6.45, 7) is 5.60. The summed E-state index contributed by atoms with van der Waals surface area (Å²) in [4.78, 5) is 39.7. The van der Waals surface area contributed by atoms with E-state index in [2.05, 4.69) is 10.3 Å². The minimum atomic E-state index is -0.989. The molecule has 9 heteroatoms. The first kappa shape index (κ1) is 20.6. The lowest BCUT2D eigenvalue weighted by Crippen LogP contribution is -2.42. The van der Waals surface area contributed by atoms with Crippen molar-refractivity contribution in [2.45, 2.75) is 52.1 Å². The van der Waals surface area contributed by atoms with Gasteiger partial charge in [-0.05, 0) is 26.7 Å². The highest BCUT2D eigenvalue weighted by molar-refractivity contribution is 5.95. The van der Waals surface area contributed by atoms with Gasteiger partial charge in [-0.15, -0.1) is 0 Å². The van der Waals surface area contributed by atoms with Crippen molar-refractivity contribution in [2.24, 2.45) is 5.73 Å². The Hall–Kier alpha value is -2.42. The van der Waals surface area contributed by atoms with Gasteiger partial charge in [0.2, 0.25) is 5.89 Å². The molecule has 0 aliphatic rings. The van der Waals surface area contributed by atoms with E-state index in [0.29, 0.717) is 6.42 Å². The molecular formula is C16H25N3O6. The van der Waals surface area contributed by atoms with Crippen LogP contribution in [0.2, 0.25) is 0 Å². The summed E-state index contributed by atoms with van der Waals surface area (Å²) < 4.78 is 14.9. The lowest BCUT2D eigenvalue weighted by molar-refractivity contribution is -0.146. The predicted molar refractivity (Wildman–Crippen MR) is 87.5 cm³/mol. The second-order valence-corrected chi connectivity index (χ2v) is 5.21. The van der Waals surface area contributed by atoms with Crippen LogP contribution in [0.1, 0.15) is 62.5 Å². The van der Waals surface area contributed by atoms with Crippen LogP contribution < -0.4 is 11.1 Å². The van der Waals surface area contributed by atoms with Crippen LogP contribution in [-0.4, -0.2) is 42.1 Å². The van der Waals surface area contributed by atoms with Gasteiger partial charge in [0.15, 0.2) is 5.69 Å². The van der Waals surface area contributed by atoms with Crippen LogP contribution in [0, 0.1) is 0 Å². The van der Waals surface area contributed by atoms with E-state index >= 15 is 0 Å². The van der Waals surface area contributed by atoms with Crippen LogP contribution in [0.25, 0.3) is 0 Å². The minimum absolute atomic E-state index is 0.00401. The molecular weight excluding hydrogens is 330 g/mol. The molecule has 2 unspecified atom stereocenters. The molecule has 2 atom stereocenters. The monoisotopic (exact) mass is 355 g/mol. The third kappa shape index (κ3) is 6.54. The maximum absolute atomic E-state index is 12.3. The van der Waals surface area contributed by atoms with Crippen molar-refractivity contribution in [3.05, 3.63) is 17.8 Å². The van der Waals surface area contributed by atoms with Gasteiger partial charge in [-0.2, -0.15) is 0 Å². The zero-order chi connectivity index (χ0) is 18.8. The highest BCUT2D eigenvalue weighted by atomic mass is 16.5. The number of hydrogen-bond donors (Lipinski definition) is 2. The van der Waals surface area contributed by atoms with Crippen molar-refractivity contribution in [1.82, 2.24) is 10.3 Å². The van der Waals surface area contributed by atoms with Gasteiger partial charge < -0.3 is 24.9 Å². The van der Waals surface area contributed by atoms with Crippen molar-refractivity contribution in [2.75, 3.05) is 13.2 Å². The predicted octanol–water partition coefficient (Wildman–Crippen LogP) is 1.09. The van der Waals surface area contributed by atoms with Crippen LogP contribution >= 0.6 is 0 Å². The Labute approximate surface area is 146 Å². The van der Waals surface area contributed by atoms with E-state index in [1.165, 1.54) is 6.26 Å². The van der Waals surface area contributed by atoms with Crippen molar-refractivity contribution in [3.63, 3.8) is 0 Å². The first-order valence-electron chi connectivity index (χ1n) is 8.26. The number of esters is 2. The number of hydrogen-bond acceptors (Lipinski definition) is 8. The van der Waals surface area contributed by atoms with Gasteiger partial charge in [-0.25, -0.2) is 9.78 Å². The molecule has 1 amide bonds. The second kappa shape index (κ2) is 10.4. The average Bonchev–Trinajstić information content (AvgIpc) is 3.08. The fourth-order valence-corrected chi connectivity index (χ4v) is 1.96. The molecule has 1 aromatic heterocycles. The Kier molecular flexibility index (Phi) is 8.62. The Morgan fingerprint density at radius 3 is 2.52 bits per heavy atom. The summed E-state index contributed by atoms with van der Waals surface area (Å²) in [5.74, 6) is -1.45. The first-order chi connectivity index (χ1) is 11.9. The summed E-state index contributed by atoms with van der Waals surface area (Å²) in [6, 6.07) is -1.40. The number of ether oxygens (including phenoxy) is 2. The number of carbonyl (C=O) groups is 3. The number of oxazole rings is 1. The third-order valence-corrected chi connectivity index (χ3v) is 3.33. The first-order valence-corrected chi connectivity index (χ1v) is 8.26. The van der Waals surface area contributed by atoms with Gasteiger partial charge in [-0.3, -0.25) is 9.59 Å². The smallest absolute Gasteiger partial charge is 0.328 e. The number of nitrogens with one attached hydrogen (secondary N) is 1. The molecule has 1 aromatic rings. The van der Waals surface area contributed by atoms with Crippen molar-refractivity contribution >= 4 is 17.8 Å². The number of aromatic nitrogens is 1. The molecule has 3 N–H and O–H groups in total. The van der Waals surface area contributed by atoms with Crippen LogP contribution in [0.4, 0.5) is 0 Å². The number of amides is 1. The second-order valence-electron chi connectivity index (χ2n) is 5.21. The zero-order valence-electron chi connectivity index (χ0n) is 14.7. The maximum atomic E-state index is 12.3. The number of rotatable bonds is 10. The molecule has 0 aliphatic heterocycles. The van der Waals surface area contributed by atoms with Gasteiger partial charge in [0.05, 0.1) is 19.3 Å². The molecule has 1 heterocycles. The van der Waals surface area contributed by atoms with E-state index in [-0.39, 0.29) is 37.6 Å². The summed E-state index contributed by atoms with van der Waals surface area (Å²) in [6.07, 6.45) is 1.81. The summed E-state index contributed by atoms with van der Waals surface area (Å²) in [5.41, 5.74) is 5.80. The molecule has 25 heavy (non-hydrogen) atoms. The van der Waals surface area contributed by atoms with Crippen LogP contribution in [0.3, 0.4) is 0 Å². The van der Waals surface area contributed by atoms with Crippen molar-refractivity contribution < 1.29 is 28.3 Å². The number of carbonyl (C=O) groups excluding carboxylic acids is 3. The largest absolute Gasteiger partial charge is 0.466 e. The average molecular weight is 355 g/mol. The van der Waals surface area contributed by atoms with Crippen molar-refractivity contribution in [1.29, 1.82) is 0 Å². The van der Waals surface area contributed by atoms with Crippen LogP contribution in [0.15, 0.2) is 10.7 Å². The normalized spacial score (nSPS) is 13.0. The fraction of sp³-hybridized carbons (Fsp3) is 0.625. The number of nitrogens with zero attached hydrogens (tertiary/aromatic N) is 1. The quantitative estimate of drug-likeness (QED) is 0.596. The third-order valence-electron chi connectivity index (χ3n) is 3.33. The van der Waals surface area contributed by atoms with E-state index in [1.807, 2.05) is 6.92 Å². The SMILES string of the molecule is CCOC(=O)CCC(NC(=O)c1coc(C(N)CC)n1)C(=O)OCC. The Morgan fingerprint density at radius 1 is 1.24 bits per heavy atom. The molecule has 1 rings (SSSR count). The fourth-order valence-electron chi connectivity index (χ4n) is 1.96. The van der Waals surface area contributed by atoms with E-state index in [4.69, 9.17) is 19.6 Å². The van der Waals surface area contributed by atoms with Gasteiger partial charge in [0.1, 0.15) is 12.3 Å². The van der Waals surface area contributed by atoms with E-state index < -0.39 is 29.9 Å². The molecule has 0 spiro atoms. The van der Waals surface area contributed by atoms with Crippen molar-refractivity contribution in [3.8, 4) is 0 Å². The zero-order valence-corrected chi connectivity index (χ0v) is 14.7. The van der Waals surface area contributed by atoms with E-state index in [0.717, 1.165) is 0 Å². The molecule has 140 valence electrons. The lowest BCUT2D eigenvalue weighted by atomic mass is 10.1. The summed E-state index contributed by atoms with van der Waals surface area (Å²) in [5, 5.41) is 2.50. The molecule has 0 aliphatic carbocycles. The Balaban J connectivity index is 2.74.